The Hall–Kier alpha value is -2.79. The topological polar surface area (TPSA) is 84.9 Å². The molecule has 1 heterocycles. The molecule has 2 aromatic rings. The third kappa shape index (κ3) is 6.13. The molecule has 0 unspecified atom stereocenters. The summed E-state index contributed by atoms with van der Waals surface area (Å²) < 4.78 is 73.2. The van der Waals surface area contributed by atoms with Gasteiger partial charge in [-0.05, 0) is 61.4 Å². The zero-order valence-electron chi connectivity index (χ0n) is 17.3. The number of methoxy groups -OCH3 is 1. The molecular formula is C21H23F3N2O5S. The normalized spacial score (nSPS) is 17.6. The molecule has 0 spiro atoms. The van der Waals surface area contributed by atoms with Crippen molar-refractivity contribution in [1.29, 1.82) is 0 Å². The van der Waals surface area contributed by atoms with Crippen LogP contribution in [-0.2, 0) is 14.8 Å². The summed E-state index contributed by atoms with van der Waals surface area (Å²) in [6, 6.07) is 10.3. The van der Waals surface area contributed by atoms with Gasteiger partial charge < -0.3 is 14.8 Å². The fraction of sp³-hybridized carbons (Fsp3) is 0.381. The van der Waals surface area contributed by atoms with Crippen molar-refractivity contribution in [2.45, 2.75) is 43.0 Å². The molecule has 32 heavy (non-hydrogen) atoms. The second-order valence-electron chi connectivity index (χ2n) is 7.27. The maximum Gasteiger partial charge on any atom is 0.573 e. The van der Waals surface area contributed by atoms with Crippen molar-refractivity contribution in [1.82, 2.24) is 4.31 Å². The fourth-order valence-corrected chi connectivity index (χ4v) is 5.24. The molecule has 0 aliphatic carbocycles. The van der Waals surface area contributed by atoms with Crippen LogP contribution in [0.2, 0.25) is 0 Å². The van der Waals surface area contributed by atoms with Crippen LogP contribution in [0.5, 0.6) is 11.5 Å². The molecule has 0 saturated carbocycles. The van der Waals surface area contributed by atoms with Crippen LogP contribution >= 0.6 is 0 Å². The molecule has 3 rings (SSSR count). The number of sulfonamides is 1. The van der Waals surface area contributed by atoms with Gasteiger partial charge in [-0.3, -0.25) is 4.79 Å². The van der Waals surface area contributed by atoms with Gasteiger partial charge in [-0.1, -0.05) is 6.42 Å². The number of piperidine rings is 1. The lowest BCUT2D eigenvalue weighted by Gasteiger charge is -2.34. The molecule has 1 saturated heterocycles. The van der Waals surface area contributed by atoms with Crippen molar-refractivity contribution in [3.63, 3.8) is 0 Å². The zero-order valence-corrected chi connectivity index (χ0v) is 18.1. The van der Waals surface area contributed by atoms with E-state index in [-0.39, 0.29) is 17.0 Å². The van der Waals surface area contributed by atoms with Gasteiger partial charge >= 0.3 is 6.36 Å². The average molecular weight is 472 g/mol. The Bertz CT molecular complexity index is 1020. The maximum atomic E-state index is 13.1. The van der Waals surface area contributed by atoms with Gasteiger partial charge in [-0.25, -0.2) is 8.42 Å². The lowest BCUT2D eigenvalue weighted by molar-refractivity contribution is -0.274. The van der Waals surface area contributed by atoms with Crippen LogP contribution in [0.1, 0.15) is 25.7 Å². The van der Waals surface area contributed by atoms with E-state index in [0.29, 0.717) is 25.1 Å². The first-order valence-electron chi connectivity index (χ1n) is 9.90. The second kappa shape index (κ2) is 9.78. The summed E-state index contributed by atoms with van der Waals surface area (Å²) in [5.41, 5.74) is 0.282. The van der Waals surface area contributed by atoms with Crippen molar-refractivity contribution in [2.24, 2.45) is 0 Å². The van der Waals surface area contributed by atoms with Gasteiger partial charge in [0.05, 0.1) is 12.0 Å². The first-order valence-corrected chi connectivity index (χ1v) is 11.3. The standard InChI is InChI=1S/C21H23F3N2O5S/c1-30-17-9-11-19(12-10-17)32(28,29)26-13-3-2-4-16(26)14-20(27)25-15-5-7-18(8-6-15)31-21(22,23)24/h5-12,16H,2-4,13-14H2,1H3,(H,25,27)/t16-/m0/s1. The second-order valence-corrected chi connectivity index (χ2v) is 9.16. The highest BCUT2D eigenvalue weighted by Crippen LogP contribution is 2.29. The number of benzene rings is 2. The number of ether oxygens (including phenoxy) is 2. The summed E-state index contributed by atoms with van der Waals surface area (Å²) >= 11 is 0. The van der Waals surface area contributed by atoms with Gasteiger partial charge in [0.15, 0.2) is 0 Å². The van der Waals surface area contributed by atoms with Crippen molar-refractivity contribution < 1.29 is 35.9 Å². The van der Waals surface area contributed by atoms with E-state index in [1.807, 2.05) is 0 Å². The number of alkyl halides is 3. The van der Waals surface area contributed by atoms with Crippen molar-refractivity contribution >= 4 is 21.6 Å². The first-order chi connectivity index (χ1) is 15.1. The molecule has 1 amide bonds. The summed E-state index contributed by atoms with van der Waals surface area (Å²) in [6.45, 7) is 0.301. The smallest absolute Gasteiger partial charge is 0.497 e. The number of amides is 1. The molecule has 174 valence electrons. The molecule has 1 fully saturated rings. The molecule has 0 radical (unpaired) electrons. The number of halogens is 3. The molecule has 7 nitrogen and oxygen atoms in total. The van der Waals surface area contributed by atoms with Gasteiger partial charge in [-0.15, -0.1) is 13.2 Å². The number of anilines is 1. The molecule has 1 atom stereocenters. The Kier molecular flexibility index (Phi) is 7.29. The van der Waals surface area contributed by atoms with E-state index < -0.39 is 34.1 Å². The van der Waals surface area contributed by atoms with E-state index in [2.05, 4.69) is 10.1 Å². The van der Waals surface area contributed by atoms with E-state index in [9.17, 15) is 26.4 Å². The van der Waals surface area contributed by atoms with Crippen molar-refractivity contribution in [2.75, 3.05) is 19.0 Å². The minimum absolute atomic E-state index is 0.0732. The average Bonchev–Trinajstić information content (AvgIpc) is 2.74. The summed E-state index contributed by atoms with van der Waals surface area (Å²) in [4.78, 5) is 12.6. The van der Waals surface area contributed by atoms with Crippen LogP contribution in [0, 0.1) is 0 Å². The number of nitrogens with one attached hydrogen (secondary N) is 1. The summed E-state index contributed by atoms with van der Waals surface area (Å²) in [5.74, 6) is -0.305. The van der Waals surface area contributed by atoms with Crippen LogP contribution in [0.3, 0.4) is 0 Å². The van der Waals surface area contributed by atoms with E-state index in [1.165, 1.54) is 35.7 Å². The molecule has 1 aliphatic rings. The predicted molar refractivity (Wildman–Crippen MR) is 111 cm³/mol. The van der Waals surface area contributed by atoms with Crippen LogP contribution in [-0.4, -0.2) is 44.7 Å². The maximum absolute atomic E-state index is 13.1. The SMILES string of the molecule is COc1ccc(S(=O)(=O)N2CCCC[C@H]2CC(=O)Nc2ccc(OC(F)(F)F)cc2)cc1. The van der Waals surface area contributed by atoms with Crippen molar-refractivity contribution in [3.05, 3.63) is 48.5 Å². The number of hydrogen-bond donors (Lipinski definition) is 1. The van der Waals surface area contributed by atoms with Crippen molar-refractivity contribution in [3.8, 4) is 11.5 Å². The van der Waals surface area contributed by atoms with E-state index in [1.54, 1.807) is 12.1 Å². The monoisotopic (exact) mass is 472 g/mol. The fourth-order valence-electron chi connectivity index (χ4n) is 3.54. The van der Waals surface area contributed by atoms with Crippen LogP contribution < -0.4 is 14.8 Å². The number of carbonyl (C=O) groups excluding carboxylic acids is 1. The Morgan fingerprint density at radius 2 is 1.69 bits per heavy atom. The predicted octanol–water partition coefficient (Wildman–Crippen LogP) is 4.17. The minimum atomic E-state index is -4.80. The Morgan fingerprint density at radius 1 is 1.06 bits per heavy atom. The zero-order chi connectivity index (χ0) is 23.4. The van der Waals surface area contributed by atoms with Crippen LogP contribution in [0.25, 0.3) is 0 Å². The van der Waals surface area contributed by atoms with Gasteiger partial charge in [0.2, 0.25) is 15.9 Å². The van der Waals surface area contributed by atoms with E-state index in [0.717, 1.165) is 18.6 Å². The van der Waals surface area contributed by atoms with Gasteiger partial charge in [0.1, 0.15) is 11.5 Å². The molecule has 0 bridgehead atoms. The molecule has 11 heteroatoms. The largest absolute Gasteiger partial charge is 0.573 e. The van der Waals surface area contributed by atoms with E-state index >= 15 is 0 Å². The third-order valence-electron chi connectivity index (χ3n) is 5.03. The van der Waals surface area contributed by atoms with Gasteiger partial charge in [0, 0.05) is 24.7 Å². The lowest BCUT2D eigenvalue weighted by Crippen LogP contribution is -2.45. The minimum Gasteiger partial charge on any atom is -0.497 e. The highest BCUT2D eigenvalue weighted by molar-refractivity contribution is 7.89. The van der Waals surface area contributed by atoms with Gasteiger partial charge in [0.25, 0.3) is 0 Å². The number of rotatable bonds is 7. The lowest BCUT2D eigenvalue weighted by atomic mass is 10.0. The number of hydrogen-bond acceptors (Lipinski definition) is 5. The van der Waals surface area contributed by atoms with E-state index in [4.69, 9.17) is 4.74 Å². The van der Waals surface area contributed by atoms with Crippen LogP contribution in [0.15, 0.2) is 53.4 Å². The Morgan fingerprint density at radius 3 is 2.28 bits per heavy atom. The summed E-state index contributed by atoms with van der Waals surface area (Å²) in [5, 5.41) is 2.59. The highest BCUT2D eigenvalue weighted by Gasteiger charge is 2.35. The van der Waals surface area contributed by atoms with Crippen LogP contribution in [0.4, 0.5) is 18.9 Å². The van der Waals surface area contributed by atoms with Gasteiger partial charge in [-0.2, -0.15) is 4.31 Å². The molecule has 2 aromatic carbocycles. The first kappa shape index (κ1) is 23.9. The highest BCUT2D eigenvalue weighted by atomic mass is 32.2. The number of nitrogens with zero attached hydrogens (tertiary/aromatic N) is 1. The molecule has 0 aromatic heterocycles. The quantitative estimate of drug-likeness (QED) is 0.654. The third-order valence-corrected chi connectivity index (χ3v) is 7.00. The molecule has 1 aliphatic heterocycles. The number of carbonyl (C=O) groups is 1. The Labute approximate surface area is 184 Å². The molecule has 1 N–H and O–H groups in total. The molecular weight excluding hydrogens is 449 g/mol. The summed E-state index contributed by atoms with van der Waals surface area (Å²) in [6.07, 6.45) is -2.87. The Balaban J connectivity index is 1.67. The summed E-state index contributed by atoms with van der Waals surface area (Å²) in [7, 11) is -2.32.